The summed E-state index contributed by atoms with van der Waals surface area (Å²) in [5.74, 6) is 1.22. The minimum Gasteiger partial charge on any atom is -0.489 e. The molecule has 0 amide bonds. The molecule has 0 unspecified atom stereocenters. The quantitative estimate of drug-likeness (QED) is 0.270. The molecule has 0 atom stereocenters. The molecule has 4 rings (SSSR count). The van der Waals surface area contributed by atoms with E-state index in [-0.39, 0.29) is 5.97 Å². The van der Waals surface area contributed by atoms with Crippen molar-refractivity contribution in [3.05, 3.63) is 84.6 Å². The van der Waals surface area contributed by atoms with E-state index in [4.69, 9.17) is 19.9 Å². The lowest BCUT2D eigenvalue weighted by atomic mass is 10.1. The monoisotopic (exact) mass is 575 g/mol. The van der Waals surface area contributed by atoms with E-state index in [2.05, 4.69) is 19.1 Å². The molecule has 33 heavy (non-hydrogen) atoms. The Morgan fingerprint density at radius 1 is 1.03 bits per heavy atom. The number of hydrogen-bond acceptors (Lipinski definition) is 6. The molecule has 0 bridgehead atoms. The largest absolute Gasteiger partial charge is 0.489 e. The van der Waals surface area contributed by atoms with Crippen LogP contribution < -0.4 is 15.2 Å². The van der Waals surface area contributed by atoms with Crippen LogP contribution in [0, 0.1) is 13.8 Å². The van der Waals surface area contributed by atoms with E-state index >= 15 is 0 Å². The molecule has 2 heterocycles. The lowest BCUT2D eigenvalue weighted by Crippen LogP contribution is -2.18. The fourth-order valence-corrected chi connectivity index (χ4v) is 7.11. The maximum absolute atomic E-state index is 12.4. The van der Waals surface area contributed by atoms with Crippen LogP contribution in [0.2, 0.25) is 0 Å². The van der Waals surface area contributed by atoms with Crippen LogP contribution in [0.3, 0.4) is 0 Å². The molecule has 172 valence electrons. The lowest BCUT2D eigenvalue weighted by molar-refractivity contribution is -0.136. The molecule has 1 aliphatic rings. The molecule has 0 saturated heterocycles. The lowest BCUT2D eigenvalue weighted by Gasteiger charge is -2.15. The Morgan fingerprint density at radius 2 is 1.73 bits per heavy atom. The third-order valence-corrected chi connectivity index (χ3v) is 8.41. The van der Waals surface area contributed by atoms with Crippen molar-refractivity contribution < 1.29 is 19.0 Å². The first-order valence-corrected chi connectivity index (χ1v) is 13.8. The third kappa shape index (κ3) is 5.54. The van der Waals surface area contributed by atoms with Crippen molar-refractivity contribution in [1.82, 2.24) is 0 Å². The number of halogens is 1. The van der Waals surface area contributed by atoms with Crippen molar-refractivity contribution in [3.8, 4) is 11.5 Å². The van der Waals surface area contributed by atoms with Crippen molar-refractivity contribution in [2.45, 2.75) is 34.0 Å². The van der Waals surface area contributed by atoms with Gasteiger partial charge in [-0.25, -0.2) is 4.79 Å². The van der Waals surface area contributed by atoms with Crippen LogP contribution in [0.1, 0.15) is 39.6 Å². The Hall–Kier alpha value is -2.49. The number of ether oxygens (including phenoxy) is 3. The zero-order valence-electron chi connectivity index (χ0n) is 18.8. The van der Waals surface area contributed by atoms with Gasteiger partial charge in [0.15, 0.2) is 0 Å². The number of aryl methyl sites for hydroxylation is 2. The summed E-state index contributed by atoms with van der Waals surface area (Å²) in [6.45, 7) is 7.14. The first-order valence-electron chi connectivity index (χ1n) is 10.6. The van der Waals surface area contributed by atoms with Crippen molar-refractivity contribution in [2.24, 2.45) is 5.73 Å². The van der Waals surface area contributed by atoms with Gasteiger partial charge in [-0.3, -0.25) is 5.73 Å². The molecular weight excluding hydrogens is 549 g/mol. The summed E-state index contributed by atoms with van der Waals surface area (Å²) < 4.78 is 20.2. The Morgan fingerprint density at radius 3 is 2.42 bits per heavy atom. The number of thiophene rings is 1. The average Bonchev–Trinajstić information content (AvgIpc) is 3.22. The van der Waals surface area contributed by atoms with Crippen LogP contribution in [-0.4, -0.2) is 16.2 Å². The van der Waals surface area contributed by atoms with Crippen LogP contribution in [0.4, 0.5) is 0 Å². The molecular formula is C26H26INO4S. The third-order valence-electron chi connectivity index (χ3n) is 5.20. The highest BCUT2D eigenvalue weighted by atomic mass is 127. The first-order chi connectivity index (χ1) is 16.0. The number of fused-ring (bicyclic) bond motifs is 1. The van der Waals surface area contributed by atoms with Crippen LogP contribution >= 0.6 is 32.1 Å². The molecule has 0 radical (unpaired) electrons. The number of carbonyl (C=O) groups is 1. The number of carbonyl (C=O) groups excluding carboxylic acids is 1. The van der Waals surface area contributed by atoms with E-state index in [1.165, 1.54) is 16.9 Å². The molecule has 0 fully saturated rings. The summed E-state index contributed by atoms with van der Waals surface area (Å²) in [4.78, 5) is 13.2. The van der Waals surface area contributed by atoms with Crippen LogP contribution in [0.25, 0.3) is 5.57 Å². The van der Waals surface area contributed by atoms with Crippen molar-refractivity contribution in [3.63, 3.8) is 0 Å². The average molecular weight is 575 g/mol. The van der Waals surface area contributed by atoms with Gasteiger partial charge in [0.2, 0.25) is 0 Å². The summed E-state index contributed by atoms with van der Waals surface area (Å²) in [6.07, 6.45) is 0. The second kappa shape index (κ2) is 10.6. The van der Waals surface area contributed by atoms with Crippen LogP contribution in [-0.2, 0) is 22.7 Å². The fraction of sp³-hybridized carbons (Fsp3) is 0.231. The van der Waals surface area contributed by atoms with Gasteiger partial charge in [0.1, 0.15) is 24.7 Å². The summed E-state index contributed by atoms with van der Waals surface area (Å²) in [5, 5.41) is 2.02. The number of benzene rings is 2. The molecule has 2 aromatic carbocycles. The molecule has 1 aromatic heterocycles. The second-order valence-electron chi connectivity index (χ2n) is 7.65. The zero-order valence-corrected chi connectivity index (χ0v) is 21.8. The molecule has 5 nitrogen and oxygen atoms in total. The number of rotatable bonds is 8. The predicted molar refractivity (Wildman–Crippen MR) is 142 cm³/mol. The fourth-order valence-electron chi connectivity index (χ4n) is 3.50. The normalized spacial score (nSPS) is 12.7. The van der Waals surface area contributed by atoms with Gasteiger partial charge in [0, 0.05) is 17.2 Å². The molecule has 0 aliphatic carbocycles. The van der Waals surface area contributed by atoms with Crippen molar-refractivity contribution >= 4 is 47.2 Å². The number of hydrogen-bond donors (Lipinski definition) is 1. The van der Waals surface area contributed by atoms with E-state index in [1.807, 2.05) is 53.6 Å². The van der Waals surface area contributed by atoms with Gasteiger partial charge in [-0.15, -0.1) is 11.3 Å². The van der Waals surface area contributed by atoms with Gasteiger partial charge in [0.25, 0.3) is 0 Å². The van der Waals surface area contributed by atoms with E-state index < -0.39 is 20.7 Å². The molecule has 0 spiro atoms. The standard InChI is InChI=1S/C26H26INO4S/c1-4-30-26(29)22-12-27-25(28)23-19(15-33-24(22)23)14-32-21-10-16(2)9-20(11-21)31-13-18-8-6-5-7-17(18)3/h5-12,15H,4,13-14,28H2,1-3H3. The molecule has 1 aliphatic heterocycles. The predicted octanol–water partition coefficient (Wildman–Crippen LogP) is 5.85. The molecule has 2 N–H and O–H groups in total. The second-order valence-corrected chi connectivity index (χ2v) is 10.9. The number of esters is 1. The van der Waals surface area contributed by atoms with Gasteiger partial charge < -0.3 is 14.2 Å². The first kappa shape index (κ1) is 23.7. The van der Waals surface area contributed by atoms with E-state index in [9.17, 15) is 4.79 Å². The van der Waals surface area contributed by atoms with Crippen molar-refractivity contribution in [1.29, 1.82) is 0 Å². The Bertz CT molecular complexity index is 1240. The highest BCUT2D eigenvalue weighted by Gasteiger charge is 2.25. The summed E-state index contributed by atoms with van der Waals surface area (Å²) >= 11 is 0.952. The summed E-state index contributed by atoms with van der Waals surface area (Å²) in [7, 11) is 0. The van der Waals surface area contributed by atoms with Gasteiger partial charge in [-0.2, -0.15) is 0 Å². The van der Waals surface area contributed by atoms with E-state index in [1.54, 1.807) is 0 Å². The minimum absolute atomic E-state index is 0.283. The summed E-state index contributed by atoms with van der Waals surface area (Å²) in [5.41, 5.74) is 12.3. The maximum atomic E-state index is 12.4. The highest BCUT2D eigenvalue weighted by molar-refractivity contribution is 14.2. The Labute approximate surface area is 207 Å². The van der Waals surface area contributed by atoms with Crippen LogP contribution in [0.15, 0.2) is 51.9 Å². The zero-order chi connectivity index (χ0) is 23.4. The molecule has 0 saturated carbocycles. The van der Waals surface area contributed by atoms with Crippen molar-refractivity contribution in [2.75, 3.05) is 6.61 Å². The highest BCUT2D eigenvalue weighted by Crippen LogP contribution is 2.37. The maximum Gasteiger partial charge on any atom is 0.340 e. The Balaban J connectivity index is 1.48. The van der Waals surface area contributed by atoms with E-state index in [0.717, 1.165) is 42.3 Å². The summed E-state index contributed by atoms with van der Waals surface area (Å²) in [6, 6.07) is 14.1. The molecule has 7 heteroatoms. The van der Waals surface area contributed by atoms with E-state index in [0.29, 0.717) is 25.4 Å². The smallest absolute Gasteiger partial charge is 0.340 e. The SMILES string of the molecule is CCOC(=O)C1=CI=C(N)c2c(COc3cc(C)cc(OCc4ccccc4C)c3)csc21. The van der Waals surface area contributed by atoms with Gasteiger partial charge in [-0.05, 0) is 59.1 Å². The van der Waals surface area contributed by atoms with Crippen LogP contribution in [0.5, 0.6) is 11.5 Å². The van der Waals surface area contributed by atoms with Gasteiger partial charge in [-0.1, -0.05) is 45.0 Å². The Kier molecular flexibility index (Phi) is 7.62. The topological polar surface area (TPSA) is 70.8 Å². The minimum atomic E-state index is -0.558. The van der Waals surface area contributed by atoms with Gasteiger partial charge >= 0.3 is 5.97 Å². The molecule has 3 aromatic rings. The number of nitrogens with two attached hydrogens (primary N) is 1. The van der Waals surface area contributed by atoms with Gasteiger partial charge in [0.05, 0.1) is 20.7 Å².